The Bertz CT molecular complexity index is 894. The van der Waals surface area contributed by atoms with Gasteiger partial charge in [-0.1, -0.05) is 11.6 Å². The zero-order valence-corrected chi connectivity index (χ0v) is 14.9. The van der Waals surface area contributed by atoms with E-state index in [0.29, 0.717) is 6.07 Å². The Balaban J connectivity index is 2.34. The third-order valence-corrected chi connectivity index (χ3v) is 3.75. The number of alkyl halides is 3. The lowest BCUT2D eigenvalue weighted by Crippen LogP contribution is -2.12. The third kappa shape index (κ3) is 4.45. The number of nitrogens with zero attached hydrogens (tertiary/aromatic N) is 2. The fourth-order valence-electron chi connectivity index (χ4n) is 2.15. The summed E-state index contributed by atoms with van der Waals surface area (Å²) < 4.78 is 43.7. The smallest absolute Gasteiger partial charge is 0.419 e. The van der Waals surface area contributed by atoms with Crippen LogP contribution in [-0.2, 0) is 15.7 Å². The van der Waals surface area contributed by atoms with Gasteiger partial charge in [-0.3, -0.25) is 5.43 Å². The van der Waals surface area contributed by atoms with Crippen LogP contribution in [0.1, 0.15) is 23.6 Å². The summed E-state index contributed by atoms with van der Waals surface area (Å²) in [7, 11) is 0. The van der Waals surface area contributed by atoms with Crippen LogP contribution in [0.2, 0.25) is 5.15 Å². The molecule has 3 N–H and O–H groups in total. The van der Waals surface area contributed by atoms with Gasteiger partial charge in [-0.25, -0.2) is 9.78 Å². The second kappa shape index (κ2) is 7.78. The van der Waals surface area contributed by atoms with Crippen molar-refractivity contribution in [3.05, 3.63) is 40.1 Å². The summed E-state index contributed by atoms with van der Waals surface area (Å²) in [6, 6.07) is 1.70. The molecule has 2 aromatic rings. The van der Waals surface area contributed by atoms with Gasteiger partial charge in [0.25, 0.3) is 0 Å². The zero-order chi connectivity index (χ0) is 20.4. The topological polar surface area (TPSA) is 96.6 Å². The molecule has 11 heteroatoms. The van der Waals surface area contributed by atoms with Gasteiger partial charge in [-0.05, 0) is 32.1 Å². The maximum Gasteiger partial charge on any atom is 0.419 e. The average molecular weight is 406 g/mol. The SMILES string of the molecule is CCOC(=O)C=Cc1c(C)c(O)n(Nc2ccc(C(F)(F)F)c(Cl)n2)c1O. The minimum Gasteiger partial charge on any atom is -0.493 e. The van der Waals surface area contributed by atoms with Crippen LogP contribution in [0.25, 0.3) is 6.08 Å². The first-order chi connectivity index (χ1) is 12.6. The second-order valence-electron chi connectivity index (χ2n) is 5.25. The third-order valence-electron chi connectivity index (χ3n) is 3.46. The monoisotopic (exact) mass is 405 g/mol. The molecule has 0 spiro atoms. The maximum absolute atomic E-state index is 12.7. The van der Waals surface area contributed by atoms with E-state index >= 15 is 0 Å². The van der Waals surface area contributed by atoms with Crippen LogP contribution in [0.15, 0.2) is 18.2 Å². The standard InChI is InChI=1S/C16H15ClF3N3O4/c1-3-27-12(24)7-4-9-8(2)14(25)23(15(9)26)22-11-6-5-10(13(17)21-11)16(18,19)20/h4-7,25-26H,3H2,1-2H3,(H,21,22). The minimum absolute atomic E-state index is 0.103. The fraction of sp³-hybridized carbons (Fsp3) is 0.250. The number of ether oxygens (including phenoxy) is 1. The molecule has 0 amide bonds. The molecule has 0 unspecified atom stereocenters. The van der Waals surface area contributed by atoms with E-state index in [1.165, 1.54) is 13.0 Å². The van der Waals surface area contributed by atoms with Crippen LogP contribution in [0, 0.1) is 6.92 Å². The molecule has 2 aromatic heterocycles. The molecule has 0 saturated carbocycles. The number of carbonyl (C=O) groups is 1. The van der Waals surface area contributed by atoms with Crippen LogP contribution in [0.5, 0.6) is 11.8 Å². The number of anilines is 1. The molecule has 0 aliphatic carbocycles. The summed E-state index contributed by atoms with van der Waals surface area (Å²) in [5.41, 5.74) is 1.63. The zero-order valence-electron chi connectivity index (χ0n) is 14.1. The van der Waals surface area contributed by atoms with Crippen molar-refractivity contribution in [2.45, 2.75) is 20.0 Å². The van der Waals surface area contributed by atoms with E-state index in [4.69, 9.17) is 16.3 Å². The lowest BCUT2D eigenvalue weighted by atomic mass is 10.2. The molecule has 0 atom stereocenters. The van der Waals surface area contributed by atoms with E-state index in [1.807, 2.05) is 0 Å². The Morgan fingerprint density at radius 3 is 2.59 bits per heavy atom. The average Bonchev–Trinajstić information content (AvgIpc) is 2.76. The fourth-order valence-corrected chi connectivity index (χ4v) is 2.41. The Hall–Kier alpha value is -2.88. The predicted molar refractivity (Wildman–Crippen MR) is 91.4 cm³/mol. The highest BCUT2D eigenvalue weighted by Crippen LogP contribution is 2.36. The molecule has 0 saturated heterocycles. The molecule has 2 rings (SSSR count). The van der Waals surface area contributed by atoms with E-state index < -0.39 is 34.6 Å². The normalized spacial score (nSPS) is 11.8. The van der Waals surface area contributed by atoms with E-state index in [1.54, 1.807) is 6.92 Å². The number of pyridine rings is 1. The summed E-state index contributed by atoms with van der Waals surface area (Å²) in [6.07, 6.45) is -2.38. The molecule has 0 radical (unpaired) electrons. The van der Waals surface area contributed by atoms with Gasteiger partial charge in [0.05, 0.1) is 12.2 Å². The summed E-state index contributed by atoms with van der Waals surface area (Å²) in [5.74, 6) is -1.74. The summed E-state index contributed by atoms with van der Waals surface area (Å²) >= 11 is 5.54. The molecular formula is C16H15ClF3N3O4. The minimum atomic E-state index is -4.66. The van der Waals surface area contributed by atoms with Gasteiger partial charge in [0.2, 0.25) is 11.8 Å². The largest absolute Gasteiger partial charge is 0.493 e. The summed E-state index contributed by atoms with van der Waals surface area (Å²) in [4.78, 5) is 14.9. The van der Waals surface area contributed by atoms with Crippen molar-refractivity contribution in [3.8, 4) is 11.8 Å². The van der Waals surface area contributed by atoms with Crippen molar-refractivity contribution < 1.29 is 32.9 Å². The number of rotatable bonds is 5. The van der Waals surface area contributed by atoms with Crippen LogP contribution < -0.4 is 5.43 Å². The van der Waals surface area contributed by atoms with E-state index in [2.05, 4.69) is 10.4 Å². The van der Waals surface area contributed by atoms with Crippen molar-refractivity contribution >= 4 is 29.5 Å². The highest BCUT2D eigenvalue weighted by Gasteiger charge is 2.34. The molecular weight excluding hydrogens is 391 g/mol. The maximum atomic E-state index is 12.7. The number of hydrogen-bond donors (Lipinski definition) is 3. The number of halogens is 4. The van der Waals surface area contributed by atoms with Crippen molar-refractivity contribution in [1.29, 1.82) is 0 Å². The van der Waals surface area contributed by atoms with Gasteiger partial charge in [-0.2, -0.15) is 17.8 Å². The first-order valence-corrected chi connectivity index (χ1v) is 7.92. The molecule has 0 aliphatic rings. The van der Waals surface area contributed by atoms with Gasteiger partial charge in [0.15, 0.2) is 0 Å². The van der Waals surface area contributed by atoms with Crippen LogP contribution in [-0.4, -0.2) is 32.4 Å². The van der Waals surface area contributed by atoms with Crippen molar-refractivity contribution in [2.75, 3.05) is 12.0 Å². The first kappa shape index (κ1) is 20.4. The Kier molecular flexibility index (Phi) is 5.89. The highest BCUT2D eigenvalue weighted by atomic mass is 35.5. The van der Waals surface area contributed by atoms with E-state index in [-0.39, 0.29) is 23.6 Å². The number of nitrogens with one attached hydrogen (secondary N) is 1. The van der Waals surface area contributed by atoms with E-state index in [0.717, 1.165) is 16.8 Å². The van der Waals surface area contributed by atoms with Gasteiger partial charge < -0.3 is 14.9 Å². The molecule has 0 aliphatic heterocycles. The lowest BCUT2D eigenvalue weighted by molar-refractivity contribution is -0.138. The Labute approximate surface area is 156 Å². The molecule has 0 fully saturated rings. The van der Waals surface area contributed by atoms with Gasteiger partial charge >= 0.3 is 12.1 Å². The van der Waals surface area contributed by atoms with Crippen molar-refractivity contribution in [1.82, 2.24) is 9.66 Å². The number of aromatic nitrogens is 2. The van der Waals surface area contributed by atoms with Crippen molar-refractivity contribution in [2.24, 2.45) is 0 Å². The van der Waals surface area contributed by atoms with E-state index in [9.17, 15) is 28.2 Å². The molecule has 2 heterocycles. The molecule has 7 nitrogen and oxygen atoms in total. The van der Waals surface area contributed by atoms with Gasteiger partial charge in [-0.15, -0.1) is 0 Å². The summed E-state index contributed by atoms with van der Waals surface area (Å²) in [5, 5.41) is 19.6. The van der Waals surface area contributed by atoms with Crippen LogP contribution in [0.3, 0.4) is 0 Å². The molecule has 0 aromatic carbocycles. The molecule has 27 heavy (non-hydrogen) atoms. The lowest BCUT2D eigenvalue weighted by Gasteiger charge is -2.12. The second-order valence-corrected chi connectivity index (χ2v) is 5.61. The van der Waals surface area contributed by atoms with Gasteiger partial charge in [0.1, 0.15) is 11.0 Å². The summed E-state index contributed by atoms with van der Waals surface area (Å²) in [6.45, 7) is 3.26. The highest BCUT2D eigenvalue weighted by molar-refractivity contribution is 6.30. The van der Waals surface area contributed by atoms with Gasteiger partial charge in [0, 0.05) is 17.2 Å². The Morgan fingerprint density at radius 2 is 2.04 bits per heavy atom. The van der Waals surface area contributed by atoms with Crippen LogP contribution in [0.4, 0.5) is 19.0 Å². The number of esters is 1. The molecule has 0 bridgehead atoms. The Morgan fingerprint density at radius 1 is 1.37 bits per heavy atom. The number of hydrogen-bond acceptors (Lipinski definition) is 6. The number of aromatic hydroxyl groups is 2. The quantitative estimate of drug-likeness (QED) is 0.398. The number of carbonyl (C=O) groups excluding carboxylic acids is 1. The first-order valence-electron chi connectivity index (χ1n) is 7.55. The van der Waals surface area contributed by atoms with Crippen LogP contribution >= 0.6 is 11.6 Å². The predicted octanol–water partition coefficient (Wildman–Crippen LogP) is 3.73. The molecule has 146 valence electrons. The van der Waals surface area contributed by atoms with Crippen molar-refractivity contribution in [3.63, 3.8) is 0 Å².